The number of nitrogens with zero attached hydrogens (tertiary/aromatic N) is 1. The molecule has 232 valence electrons. The van der Waals surface area contributed by atoms with E-state index in [0.717, 1.165) is 28.7 Å². The van der Waals surface area contributed by atoms with Gasteiger partial charge in [0.25, 0.3) is 5.91 Å². The molecule has 0 radical (unpaired) electrons. The van der Waals surface area contributed by atoms with E-state index >= 15 is 0 Å². The normalized spacial score (nSPS) is 14.5. The lowest BCUT2D eigenvalue weighted by Crippen LogP contribution is -2.57. The first-order chi connectivity index (χ1) is 19.5. The van der Waals surface area contributed by atoms with Crippen LogP contribution in [0.2, 0.25) is 0 Å². The summed E-state index contributed by atoms with van der Waals surface area (Å²) in [6.45, 7) is 21.6. The minimum absolute atomic E-state index is 0.190. The molecule has 0 aromatic heterocycles. The van der Waals surface area contributed by atoms with Crippen molar-refractivity contribution < 1.29 is 19.1 Å². The topological polar surface area (TPSA) is 87.7 Å². The number of rotatable bonds is 12. The van der Waals surface area contributed by atoms with Crippen molar-refractivity contribution in [3.05, 3.63) is 64.7 Å². The smallest absolute Gasteiger partial charge is 0.408 e. The summed E-state index contributed by atoms with van der Waals surface area (Å²) in [6, 6.07) is 11.5. The first-order valence-corrected chi connectivity index (χ1v) is 15.3. The number of alkyl carbamates (subject to hydrolysis) is 1. The maximum atomic E-state index is 14.7. The fourth-order valence-corrected chi connectivity index (χ4v) is 4.88. The second-order valence-electron chi connectivity index (χ2n) is 13.1. The van der Waals surface area contributed by atoms with E-state index < -0.39 is 23.8 Å². The monoisotopic (exact) mass is 579 g/mol. The predicted octanol–water partition coefficient (Wildman–Crippen LogP) is 7.88. The second kappa shape index (κ2) is 15.2. The molecule has 0 heterocycles. The molecule has 4 atom stereocenters. The predicted molar refractivity (Wildman–Crippen MR) is 171 cm³/mol. The van der Waals surface area contributed by atoms with Gasteiger partial charge in [-0.25, -0.2) is 4.79 Å². The molecular formula is C35H53N3O4. The number of benzene rings is 2. The molecule has 2 rings (SSSR count). The summed E-state index contributed by atoms with van der Waals surface area (Å²) >= 11 is 0. The van der Waals surface area contributed by atoms with Crippen LogP contribution in [0.15, 0.2) is 42.5 Å². The lowest BCUT2D eigenvalue weighted by molar-refractivity contribution is -0.144. The van der Waals surface area contributed by atoms with E-state index in [1.54, 1.807) is 25.7 Å². The Balaban J connectivity index is 2.70. The molecule has 7 heteroatoms. The van der Waals surface area contributed by atoms with Gasteiger partial charge in [0.1, 0.15) is 17.7 Å². The van der Waals surface area contributed by atoms with E-state index in [4.69, 9.17) is 4.74 Å². The number of nitrogens with one attached hydrogen (secondary N) is 2. The van der Waals surface area contributed by atoms with Gasteiger partial charge in [0.05, 0.1) is 0 Å². The zero-order chi connectivity index (χ0) is 31.8. The molecule has 42 heavy (non-hydrogen) atoms. The van der Waals surface area contributed by atoms with Crippen LogP contribution in [0.1, 0.15) is 103 Å². The number of para-hydroxylation sites is 1. The van der Waals surface area contributed by atoms with Gasteiger partial charge in [-0.1, -0.05) is 70.5 Å². The lowest BCUT2D eigenvalue weighted by atomic mass is 9.92. The Morgan fingerprint density at radius 3 is 2.07 bits per heavy atom. The number of carbonyl (C=O) groups excluding carboxylic acids is 3. The quantitative estimate of drug-likeness (QED) is 0.268. The molecule has 0 saturated carbocycles. The fourth-order valence-electron chi connectivity index (χ4n) is 4.88. The van der Waals surface area contributed by atoms with Crippen molar-refractivity contribution in [2.75, 3.05) is 5.32 Å². The molecule has 3 amide bonds. The van der Waals surface area contributed by atoms with E-state index in [-0.39, 0.29) is 23.8 Å². The van der Waals surface area contributed by atoms with Crippen molar-refractivity contribution >= 4 is 23.6 Å². The van der Waals surface area contributed by atoms with Gasteiger partial charge in [-0.05, 0) is 101 Å². The molecule has 0 fully saturated rings. The van der Waals surface area contributed by atoms with Gasteiger partial charge in [0, 0.05) is 11.7 Å². The molecule has 4 unspecified atom stereocenters. The van der Waals surface area contributed by atoms with E-state index in [0.29, 0.717) is 24.4 Å². The number of aryl methyl sites for hydroxylation is 3. The SMILES string of the molecule is CCC(C)C(NC(=O)OC(C)(C)C)C(=O)N(C(C)CCC(C)C)C(C(=O)Nc1ccccc1C)c1ccc(C)c(C)c1. The van der Waals surface area contributed by atoms with Crippen molar-refractivity contribution in [1.82, 2.24) is 10.2 Å². The summed E-state index contributed by atoms with van der Waals surface area (Å²) in [5, 5.41) is 5.97. The third-order valence-corrected chi connectivity index (χ3v) is 7.82. The standard InChI is InChI=1S/C35H53N3O4/c1-12-23(4)30(37-34(41)42-35(9,10)11)33(40)38(27(8)19-17-22(2)3)31(28-20-18-24(5)26(7)21-28)32(39)36-29-16-14-13-15-25(29)6/h13-16,18,20-23,27,30-31H,12,17,19H2,1-11H3,(H,36,39)(H,37,41). The third-order valence-electron chi connectivity index (χ3n) is 7.82. The highest BCUT2D eigenvalue weighted by Crippen LogP contribution is 2.31. The molecule has 0 bridgehead atoms. The summed E-state index contributed by atoms with van der Waals surface area (Å²) in [7, 11) is 0. The van der Waals surface area contributed by atoms with Gasteiger partial charge in [-0.3, -0.25) is 9.59 Å². The minimum Gasteiger partial charge on any atom is -0.444 e. The Bertz CT molecular complexity index is 1220. The second-order valence-corrected chi connectivity index (χ2v) is 13.1. The molecule has 2 aromatic rings. The highest BCUT2D eigenvalue weighted by atomic mass is 16.6. The minimum atomic E-state index is -0.912. The van der Waals surface area contributed by atoms with Crippen molar-refractivity contribution in [3.63, 3.8) is 0 Å². The Labute approximate surface area is 253 Å². The summed E-state index contributed by atoms with van der Waals surface area (Å²) in [4.78, 5) is 43.7. The number of anilines is 1. The van der Waals surface area contributed by atoms with Crippen molar-refractivity contribution in [2.45, 2.75) is 119 Å². The lowest BCUT2D eigenvalue weighted by Gasteiger charge is -2.40. The van der Waals surface area contributed by atoms with E-state index in [2.05, 4.69) is 24.5 Å². The van der Waals surface area contributed by atoms with Gasteiger partial charge in [-0.15, -0.1) is 0 Å². The molecule has 2 aromatic carbocycles. The molecule has 0 spiro atoms. The average molecular weight is 580 g/mol. The Kier molecular flexibility index (Phi) is 12.6. The zero-order valence-corrected chi connectivity index (χ0v) is 27.6. The Hall–Kier alpha value is -3.35. The van der Waals surface area contributed by atoms with Crippen LogP contribution in [0, 0.1) is 32.6 Å². The van der Waals surface area contributed by atoms with Gasteiger partial charge in [0.15, 0.2) is 0 Å². The maximum Gasteiger partial charge on any atom is 0.408 e. The van der Waals surface area contributed by atoms with Gasteiger partial charge < -0.3 is 20.3 Å². The van der Waals surface area contributed by atoms with Crippen molar-refractivity contribution in [3.8, 4) is 0 Å². The first-order valence-electron chi connectivity index (χ1n) is 15.3. The molecule has 2 N–H and O–H groups in total. The van der Waals surface area contributed by atoms with E-state index in [9.17, 15) is 14.4 Å². The number of ether oxygens (including phenoxy) is 1. The van der Waals surface area contributed by atoms with Crippen molar-refractivity contribution in [2.24, 2.45) is 11.8 Å². The summed E-state index contributed by atoms with van der Waals surface area (Å²) in [5.74, 6) is -0.354. The largest absolute Gasteiger partial charge is 0.444 e. The average Bonchev–Trinajstić information content (AvgIpc) is 2.90. The van der Waals surface area contributed by atoms with Crippen molar-refractivity contribution in [1.29, 1.82) is 0 Å². The number of hydrogen-bond acceptors (Lipinski definition) is 4. The van der Waals surface area contributed by atoms with Gasteiger partial charge in [0.2, 0.25) is 5.91 Å². The number of hydrogen-bond donors (Lipinski definition) is 2. The van der Waals surface area contributed by atoms with Crippen LogP contribution in [0.4, 0.5) is 10.5 Å². The summed E-state index contributed by atoms with van der Waals surface area (Å²) < 4.78 is 5.55. The van der Waals surface area contributed by atoms with Crippen LogP contribution < -0.4 is 10.6 Å². The van der Waals surface area contributed by atoms with Crippen LogP contribution >= 0.6 is 0 Å². The number of amides is 3. The number of carbonyl (C=O) groups is 3. The fraction of sp³-hybridized carbons (Fsp3) is 0.571. The van der Waals surface area contributed by atoms with E-state index in [1.807, 2.05) is 84.0 Å². The third kappa shape index (κ3) is 9.88. The molecule has 0 aliphatic heterocycles. The van der Waals surface area contributed by atoms with Crippen LogP contribution in [-0.2, 0) is 14.3 Å². The Morgan fingerprint density at radius 1 is 0.881 bits per heavy atom. The molecular weight excluding hydrogens is 526 g/mol. The van der Waals surface area contributed by atoms with Gasteiger partial charge >= 0.3 is 6.09 Å². The summed E-state index contributed by atoms with van der Waals surface area (Å²) in [5.41, 5.74) is 3.78. The van der Waals surface area contributed by atoms with Crippen LogP contribution in [0.5, 0.6) is 0 Å². The maximum absolute atomic E-state index is 14.7. The zero-order valence-electron chi connectivity index (χ0n) is 27.6. The molecule has 0 aliphatic carbocycles. The molecule has 0 saturated heterocycles. The molecule has 0 aliphatic rings. The molecule has 7 nitrogen and oxygen atoms in total. The highest BCUT2D eigenvalue weighted by Gasteiger charge is 2.40. The van der Waals surface area contributed by atoms with Crippen LogP contribution in [0.25, 0.3) is 0 Å². The highest BCUT2D eigenvalue weighted by molar-refractivity contribution is 5.99. The van der Waals surface area contributed by atoms with Gasteiger partial charge in [-0.2, -0.15) is 0 Å². The van der Waals surface area contributed by atoms with Crippen LogP contribution in [0.3, 0.4) is 0 Å². The Morgan fingerprint density at radius 2 is 1.52 bits per heavy atom. The summed E-state index contributed by atoms with van der Waals surface area (Å²) in [6.07, 6.45) is 1.60. The van der Waals surface area contributed by atoms with Crippen LogP contribution in [-0.4, -0.2) is 40.5 Å². The first kappa shape index (κ1) is 34.8. The van der Waals surface area contributed by atoms with E-state index in [1.165, 1.54) is 0 Å².